The van der Waals surface area contributed by atoms with E-state index in [2.05, 4.69) is 9.80 Å². The van der Waals surface area contributed by atoms with Crippen LogP contribution in [0.2, 0.25) is 0 Å². The molecule has 0 radical (unpaired) electrons. The molecule has 0 amide bonds. The lowest BCUT2D eigenvalue weighted by Gasteiger charge is -2.36. The van der Waals surface area contributed by atoms with E-state index >= 15 is 0 Å². The molecule has 0 unspecified atom stereocenters. The maximum absolute atomic E-state index is 12.9. The van der Waals surface area contributed by atoms with Gasteiger partial charge in [0.2, 0.25) is 0 Å². The highest BCUT2D eigenvalue weighted by Gasteiger charge is 2.20. The number of aromatic nitrogens is 2. The van der Waals surface area contributed by atoms with Crippen LogP contribution in [-0.2, 0) is 14.1 Å². The minimum atomic E-state index is -0.319. The SMILES string of the molecule is Cn1c(N2CCN(CCCOc3cccc4oc(-c5ccccc5)cc(=O)c34)CC2)cc(=O)n(C)c1=O. The second-order valence-corrected chi connectivity index (χ2v) is 9.24. The molecule has 9 heteroatoms. The van der Waals surface area contributed by atoms with Gasteiger partial charge in [0.25, 0.3) is 5.56 Å². The lowest BCUT2D eigenvalue weighted by Crippen LogP contribution is -2.49. The fourth-order valence-corrected chi connectivity index (χ4v) is 4.74. The highest BCUT2D eigenvalue weighted by molar-refractivity contribution is 5.84. The summed E-state index contributed by atoms with van der Waals surface area (Å²) in [6.07, 6.45) is 0.800. The van der Waals surface area contributed by atoms with Crippen molar-refractivity contribution in [1.29, 1.82) is 0 Å². The number of benzene rings is 2. The number of ether oxygens (including phenoxy) is 1. The Morgan fingerprint density at radius 3 is 2.38 bits per heavy atom. The molecule has 0 atom stereocenters. The minimum absolute atomic E-state index is 0.128. The summed E-state index contributed by atoms with van der Waals surface area (Å²) < 4.78 is 14.7. The lowest BCUT2D eigenvalue weighted by atomic mass is 10.1. The van der Waals surface area contributed by atoms with Crippen molar-refractivity contribution in [3.63, 3.8) is 0 Å². The summed E-state index contributed by atoms with van der Waals surface area (Å²) in [6, 6.07) is 18.0. The number of hydrogen-bond donors (Lipinski definition) is 0. The normalized spacial score (nSPS) is 14.3. The van der Waals surface area contributed by atoms with Crippen molar-refractivity contribution >= 4 is 16.8 Å². The first-order chi connectivity index (χ1) is 17.9. The molecule has 5 rings (SSSR count). The second kappa shape index (κ2) is 10.5. The van der Waals surface area contributed by atoms with Gasteiger partial charge in [-0.05, 0) is 18.6 Å². The van der Waals surface area contributed by atoms with Crippen molar-refractivity contribution in [3.05, 3.63) is 91.7 Å². The molecular formula is C28H30N4O5. The minimum Gasteiger partial charge on any atom is -0.493 e. The van der Waals surface area contributed by atoms with Gasteiger partial charge in [-0.3, -0.25) is 23.6 Å². The van der Waals surface area contributed by atoms with Gasteiger partial charge in [0.05, 0.1) is 6.61 Å². The highest BCUT2D eigenvalue weighted by Crippen LogP contribution is 2.27. The first kappa shape index (κ1) is 24.6. The van der Waals surface area contributed by atoms with E-state index < -0.39 is 0 Å². The van der Waals surface area contributed by atoms with Crippen molar-refractivity contribution < 1.29 is 9.15 Å². The van der Waals surface area contributed by atoms with Gasteiger partial charge in [-0.15, -0.1) is 0 Å². The monoisotopic (exact) mass is 502 g/mol. The Hall–Kier alpha value is -4.11. The summed E-state index contributed by atoms with van der Waals surface area (Å²) in [5.41, 5.74) is 0.615. The first-order valence-electron chi connectivity index (χ1n) is 12.4. The standard InChI is InChI=1S/C28H30N4O5/c1-29-25(19-26(34)30(2)28(29)35)32-15-13-31(14-16-32)12-7-17-36-22-10-6-11-23-27(22)21(33)18-24(37-23)20-8-4-3-5-9-20/h3-6,8-11,18-19H,7,12-17H2,1-2H3. The smallest absolute Gasteiger partial charge is 0.332 e. The number of rotatable bonds is 7. The van der Waals surface area contributed by atoms with Crippen LogP contribution in [-0.4, -0.2) is 53.4 Å². The summed E-state index contributed by atoms with van der Waals surface area (Å²) in [5.74, 6) is 1.72. The Morgan fingerprint density at radius 1 is 0.865 bits per heavy atom. The predicted molar refractivity (Wildman–Crippen MR) is 144 cm³/mol. The van der Waals surface area contributed by atoms with Crippen LogP contribution in [0.3, 0.4) is 0 Å². The average Bonchev–Trinajstić information content (AvgIpc) is 2.92. The Labute approximate surface area is 213 Å². The van der Waals surface area contributed by atoms with E-state index in [0.29, 0.717) is 34.9 Å². The molecule has 4 aromatic rings. The van der Waals surface area contributed by atoms with Crippen molar-refractivity contribution in [2.45, 2.75) is 6.42 Å². The molecule has 1 aliphatic rings. The summed E-state index contributed by atoms with van der Waals surface area (Å²) in [4.78, 5) is 41.6. The predicted octanol–water partition coefficient (Wildman–Crippen LogP) is 2.45. The third-order valence-corrected chi connectivity index (χ3v) is 6.85. The number of piperazine rings is 1. The molecule has 1 fully saturated rings. The van der Waals surface area contributed by atoms with Crippen molar-refractivity contribution in [3.8, 4) is 17.1 Å². The quantitative estimate of drug-likeness (QED) is 0.359. The number of anilines is 1. The van der Waals surface area contributed by atoms with E-state index in [1.807, 2.05) is 36.4 Å². The molecule has 0 saturated carbocycles. The summed E-state index contributed by atoms with van der Waals surface area (Å²) in [5, 5.41) is 0.454. The maximum Gasteiger partial charge on any atom is 0.332 e. The van der Waals surface area contributed by atoms with Gasteiger partial charge < -0.3 is 14.1 Å². The summed E-state index contributed by atoms with van der Waals surface area (Å²) in [7, 11) is 3.18. The molecule has 0 aliphatic carbocycles. The fraction of sp³-hybridized carbons (Fsp3) is 0.321. The molecule has 2 aromatic heterocycles. The Morgan fingerprint density at radius 2 is 1.62 bits per heavy atom. The van der Waals surface area contributed by atoms with E-state index in [1.54, 1.807) is 19.2 Å². The van der Waals surface area contributed by atoms with E-state index in [-0.39, 0.29) is 16.7 Å². The second-order valence-electron chi connectivity index (χ2n) is 9.24. The van der Waals surface area contributed by atoms with Crippen LogP contribution >= 0.6 is 0 Å². The van der Waals surface area contributed by atoms with Gasteiger partial charge in [0, 0.05) is 64.5 Å². The molecule has 0 bridgehead atoms. The van der Waals surface area contributed by atoms with Crippen molar-refractivity contribution in [2.24, 2.45) is 14.1 Å². The van der Waals surface area contributed by atoms with Crippen LogP contribution < -0.4 is 26.3 Å². The Kier molecular flexibility index (Phi) is 6.96. The zero-order valence-corrected chi connectivity index (χ0v) is 21.1. The molecular weight excluding hydrogens is 472 g/mol. The van der Waals surface area contributed by atoms with E-state index in [4.69, 9.17) is 9.15 Å². The lowest BCUT2D eigenvalue weighted by molar-refractivity contribution is 0.224. The van der Waals surface area contributed by atoms with Gasteiger partial charge in [0.1, 0.15) is 28.3 Å². The average molecular weight is 503 g/mol. The molecule has 1 saturated heterocycles. The number of fused-ring (bicyclic) bond motifs is 1. The number of nitrogens with zero attached hydrogens (tertiary/aromatic N) is 4. The molecule has 1 aliphatic heterocycles. The molecule has 2 aromatic carbocycles. The van der Waals surface area contributed by atoms with Gasteiger partial charge in [-0.2, -0.15) is 0 Å². The van der Waals surface area contributed by atoms with Gasteiger partial charge in [-0.25, -0.2) is 4.79 Å². The van der Waals surface area contributed by atoms with Gasteiger partial charge in [0.15, 0.2) is 5.43 Å². The molecule has 0 spiro atoms. The molecule has 192 valence electrons. The zero-order valence-electron chi connectivity index (χ0n) is 21.1. The Balaban J connectivity index is 1.17. The third-order valence-electron chi connectivity index (χ3n) is 6.85. The highest BCUT2D eigenvalue weighted by atomic mass is 16.5. The largest absolute Gasteiger partial charge is 0.493 e. The topological polar surface area (TPSA) is 89.9 Å². The first-order valence-corrected chi connectivity index (χ1v) is 12.4. The van der Waals surface area contributed by atoms with Crippen molar-refractivity contribution in [1.82, 2.24) is 14.0 Å². The maximum atomic E-state index is 12.9. The van der Waals surface area contributed by atoms with Crippen LogP contribution in [0.5, 0.6) is 5.75 Å². The van der Waals surface area contributed by atoms with E-state index in [0.717, 1.165) is 49.3 Å². The van der Waals surface area contributed by atoms with Crippen LogP contribution in [0.4, 0.5) is 5.82 Å². The van der Waals surface area contributed by atoms with Crippen LogP contribution in [0.1, 0.15) is 6.42 Å². The molecule has 9 nitrogen and oxygen atoms in total. The Bertz CT molecular complexity index is 1580. The molecule has 3 heterocycles. The summed E-state index contributed by atoms with van der Waals surface area (Å²) >= 11 is 0. The van der Waals surface area contributed by atoms with Gasteiger partial charge in [-0.1, -0.05) is 36.4 Å². The van der Waals surface area contributed by atoms with Crippen LogP contribution in [0.15, 0.2) is 79.5 Å². The van der Waals surface area contributed by atoms with Gasteiger partial charge >= 0.3 is 5.69 Å². The molecule has 37 heavy (non-hydrogen) atoms. The fourth-order valence-electron chi connectivity index (χ4n) is 4.74. The van der Waals surface area contributed by atoms with E-state index in [9.17, 15) is 14.4 Å². The molecule has 0 N–H and O–H groups in total. The van der Waals surface area contributed by atoms with E-state index in [1.165, 1.54) is 23.7 Å². The van der Waals surface area contributed by atoms with Crippen LogP contribution in [0.25, 0.3) is 22.3 Å². The van der Waals surface area contributed by atoms with Crippen molar-refractivity contribution in [2.75, 3.05) is 44.2 Å². The third kappa shape index (κ3) is 5.08. The summed E-state index contributed by atoms with van der Waals surface area (Å²) in [6.45, 7) is 4.43. The van der Waals surface area contributed by atoms with Crippen LogP contribution in [0, 0.1) is 0 Å². The zero-order chi connectivity index (χ0) is 25.9. The number of hydrogen-bond acceptors (Lipinski definition) is 7.